The van der Waals surface area contributed by atoms with Crippen molar-refractivity contribution in [3.63, 3.8) is 0 Å². The topological polar surface area (TPSA) is 106 Å². The summed E-state index contributed by atoms with van der Waals surface area (Å²) in [6.07, 6.45) is 8.96. The highest BCUT2D eigenvalue weighted by Crippen LogP contribution is 2.34. The van der Waals surface area contributed by atoms with Crippen molar-refractivity contribution in [2.75, 3.05) is 31.9 Å². The molecular weight excluding hydrogens is 544 g/mol. The van der Waals surface area contributed by atoms with Gasteiger partial charge >= 0.3 is 0 Å². The van der Waals surface area contributed by atoms with Gasteiger partial charge in [0.15, 0.2) is 5.82 Å². The number of amides is 1. The molecule has 0 bridgehead atoms. The molecule has 2 N–H and O–H groups in total. The van der Waals surface area contributed by atoms with Crippen LogP contribution in [0.4, 0.5) is 5.95 Å². The first kappa shape index (κ1) is 24.9. The lowest BCUT2D eigenvalue weighted by Gasteiger charge is -2.38. The normalized spacial score (nSPS) is 17.8. The third-order valence-electron chi connectivity index (χ3n) is 7.76. The molecule has 0 spiro atoms. The molecule has 10 heteroatoms. The maximum Gasteiger partial charge on any atom is 0.225 e. The van der Waals surface area contributed by atoms with Crippen LogP contribution in [0.2, 0.25) is 0 Å². The van der Waals surface area contributed by atoms with Gasteiger partial charge in [-0.1, -0.05) is 22.0 Å². The number of hydrogen-bond donors (Lipinski definition) is 1. The van der Waals surface area contributed by atoms with Gasteiger partial charge in [-0.25, -0.2) is 15.0 Å². The van der Waals surface area contributed by atoms with Gasteiger partial charge in [-0.2, -0.15) is 0 Å². The molecule has 0 radical (unpaired) electrons. The molecule has 9 nitrogen and oxygen atoms in total. The second kappa shape index (κ2) is 10.8. The standard InChI is InChI=1S/C28H31BrN8O/c29-21-4-5-25-24(15-21)34-26(23-3-1-2-10-31-23)37(25)22-8-13-36(14-9-22)27(38)20-6-11-35(12-7-20)18-19-16-32-28(30)33-17-19/h1-5,10,15-17,20,22H,6-9,11-14,18H2,(H2,30,32,33). The summed E-state index contributed by atoms with van der Waals surface area (Å²) in [6, 6.07) is 12.5. The molecule has 2 aliphatic rings. The quantitative estimate of drug-likeness (QED) is 0.378. The monoisotopic (exact) mass is 574 g/mol. The number of carbonyl (C=O) groups is 1. The van der Waals surface area contributed by atoms with E-state index in [2.05, 4.69) is 63.4 Å². The number of aromatic nitrogens is 5. The van der Waals surface area contributed by atoms with Crippen LogP contribution in [-0.4, -0.2) is 66.4 Å². The maximum atomic E-state index is 13.4. The molecule has 0 saturated carbocycles. The van der Waals surface area contributed by atoms with Gasteiger partial charge < -0.3 is 15.2 Å². The largest absolute Gasteiger partial charge is 0.368 e. The van der Waals surface area contributed by atoms with Crippen LogP contribution in [0.1, 0.15) is 37.3 Å². The average molecular weight is 576 g/mol. The molecule has 2 fully saturated rings. The van der Waals surface area contributed by atoms with Crippen molar-refractivity contribution in [2.45, 2.75) is 38.3 Å². The molecule has 3 aromatic heterocycles. The van der Waals surface area contributed by atoms with Crippen LogP contribution in [-0.2, 0) is 11.3 Å². The number of fused-ring (bicyclic) bond motifs is 1. The molecule has 38 heavy (non-hydrogen) atoms. The van der Waals surface area contributed by atoms with Crippen LogP contribution in [0.25, 0.3) is 22.6 Å². The fraction of sp³-hybridized carbons (Fsp3) is 0.393. The number of piperidine rings is 2. The van der Waals surface area contributed by atoms with Crippen molar-refractivity contribution in [1.29, 1.82) is 0 Å². The molecule has 6 rings (SSSR count). The number of pyridine rings is 1. The molecule has 0 aliphatic carbocycles. The minimum absolute atomic E-state index is 0.0981. The number of rotatable bonds is 5. The van der Waals surface area contributed by atoms with Crippen molar-refractivity contribution in [3.05, 3.63) is 65.0 Å². The van der Waals surface area contributed by atoms with Gasteiger partial charge in [0.05, 0.1) is 11.0 Å². The van der Waals surface area contributed by atoms with E-state index in [1.807, 2.05) is 24.4 Å². The van der Waals surface area contributed by atoms with E-state index in [4.69, 9.17) is 10.7 Å². The molecule has 196 valence electrons. The minimum atomic E-state index is 0.0981. The lowest BCUT2D eigenvalue weighted by Crippen LogP contribution is -2.45. The Balaban J connectivity index is 1.10. The van der Waals surface area contributed by atoms with Crippen molar-refractivity contribution >= 4 is 38.8 Å². The summed E-state index contributed by atoms with van der Waals surface area (Å²) in [5.74, 6) is 1.59. The average Bonchev–Trinajstić information content (AvgIpc) is 3.33. The predicted octanol–water partition coefficient (Wildman–Crippen LogP) is 4.31. The van der Waals surface area contributed by atoms with E-state index in [1.54, 1.807) is 12.4 Å². The zero-order chi connectivity index (χ0) is 26.1. The van der Waals surface area contributed by atoms with E-state index >= 15 is 0 Å². The lowest BCUT2D eigenvalue weighted by molar-refractivity contribution is -0.138. The molecule has 0 unspecified atom stereocenters. The summed E-state index contributed by atoms with van der Waals surface area (Å²) in [5.41, 5.74) is 9.58. The third kappa shape index (κ3) is 5.15. The van der Waals surface area contributed by atoms with Gasteiger partial charge in [0.25, 0.3) is 0 Å². The fourth-order valence-electron chi connectivity index (χ4n) is 5.76. The number of likely N-dealkylation sites (tertiary alicyclic amines) is 2. The number of halogens is 1. The predicted molar refractivity (Wildman–Crippen MR) is 150 cm³/mol. The highest BCUT2D eigenvalue weighted by Gasteiger charge is 2.32. The molecular formula is C28H31BrN8O. The van der Waals surface area contributed by atoms with Crippen molar-refractivity contribution in [2.24, 2.45) is 5.92 Å². The molecule has 0 atom stereocenters. The smallest absolute Gasteiger partial charge is 0.225 e. The number of carbonyl (C=O) groups excluding carboxylic acids is 1. The highest BCUT2D eigenvalue weighted by molar-refractivity contribution is 9.10. The molecule has 2 aliphatic heterocycles. The Morgan fingerprint density at radius 1 is 0.974 bits per heavy atom. The summed E-state index contributed by atoms with van der Waals surface area (Å²) < 4.78 is 3.35. The van der Waals surface area contributed by atoms with Crippen molar-refractivity contribution in [1.82, 2.24) is 34.3 Å². The Hall–Kier alpha value is -3.37. The fourth-order valence-corrected chi connectivity index (χ4v) is 6.11. The Labute approximate surface area is 230 Å². The minimum Gasteiger partial charge on any atom is -0.368 e. The van der Waals surface area contributed by atoms with E-state index < -0.39 is 0 Å². The van der Waals surface area contributed by atoms with Gasteiger partial charge in [0.2, 0.25) is 11.9 Å². The van der Waals surface area contributed by atoms with Crippen LogP contribution in [0.5, 0.6) is 0 Å². The van der Waals surface area contributed by atoms with Gasteiger partial charge in [-0.15, -0.1) is 0 Å². The van der Waals surface area contributed by atoms with E-state index in [1.165, 1.54) is 0 Å². The Bertz CT molecular complexity index is 1410. The van der Waals surface area contributed by atoms with Crippen LogP contribution in [0.15, 0.2) is 59.5 Å². The van der Waals surface area contributed by atoms with Crippen molar-refractivity contribution < 1.29 is 4.79 Å². The third-order valence-corrected chi connectivity index (χ3v) is 8.25. The van der Waals surface area contributed by atoms with E-state index in [9.17, 15) is 4.79 Å². The zero-order valence-corrected chi connectivity index (χ0v) is 22.8. The Morgan fingerprint density at radius 2 is 1.74 bits per heavy atom. The summed E-state index contributed by atoms with van der Waals surface area (Å²) >= 11 is 3.58. The summed E-state index contributed by atoms with van der Waals surface area (Å²) in [5, 5.41) is 0. The highest BCUT2D eigenvalue weighted by atomic mass is 79.9. The van der Waals surface area contributed by atoms with E-state index in [0.717, 1.165) is 91.0 Å². The second-order valence-electron chi connectivity index (χ2n) is 10.2. The van der Waals surface area contributed by atoms with E-state index in [0.29, 0.717) is 11.9 Å². The first-order chi connectivity index (χ1) is 18.5. The van der Waals surface area contributed by atoms with Crippen LogP contribution < -0.4 is 5.73 Å². The zero-order valence-electron chi connectivity index (χ0n) is 21.2. The first-order valence-electron chi connectivity index (χ1n) is 13.2. The first-order valence-corrected chi connectivity index (χ1v) is 14.0. The SMILES string of the molecule is Nc1ncc(CN2CCC(C(=O)N3CCC(n4c(-c5ccccn5)nc5cc(Br)ccc54)CC3)CC2)cn1. The number of imidazole rings is 1. The number of anilines is 1. The van der Waals surface area contributed by atoms with Gasteiger partial charge in [0.1, 0.15) is 5.69 Å². The maximum absolute atomic E-state index is 13.4. The summed E-state index contributed by atoms with van der Waals surface area (Å²) in [7, 11) is 0. The number of hydrogen-bond acceptors (Lipinski definition) is 7. The Morgan fingerprint density at radius 3 is 2.45 bits per heavy atom. The number of nitrogens with two attached hydrogens (primary N) is 1. The number of nitrogens with zero attached hydrogens (tertiary/aromatic N) is 7. The summed E-state index contributed by atoms with van der Waals surface area (Å²) in [4.78, 5) is 35.6. The van der Waals surface area contributed by atoms with Crippen molar-refractivity contribution in [3.8, 4) is 11.5 Å². The van der Waals surface area contributed by atoms with E-state index in [-0.39, 0.29) is 12.0 Å². The number of nitrogen functional groups attached to an aromatic ring is 1. The molecule has 1 aromatic carbocycles. The van der Waals surface area contributed by atoms with Crippen LogP contribution in [0.3, 0.4) is 0 Å². The second-order valence-corrected chi connectivity index (χ2v) is 11.1. The van der Waals surface area contributed by atoms with Gasteiger partial charge in [-0.05, 0) is 69.1 Å². The summed E-state index contributed by atoms with van der Waals surface area (Å²) in [6.45, 7) is 4.14. The van der Waals surface area contributed by atoms with Gasteiger partial charge in [-0.3, -0.25) is 14.7 Å². The lowest BCUT2D eigenvalue weighted by atomic mass is 9.93. The molecule has 5 heterocycles. The molecule has 2 saturated heterocycles. The Kier molecular flexibility index (Phi) is 7.08. The molecule has 4 aromatic rings. The van der Waals surface area contributed by atoms with Crippen LogP contribution in [0, 0.1) is 5.92 Å². The van der Waals surface area contributed by atoms with Crippen LogP contribution >= 0.6 is 15.9 Å². The van der Waals surface area contributed by atoms with Gasteiger partial charge in [0, 0.05) is 60.2 Å². The number of benzene rings is 1. The molecule has 1 amide bonds.